The van der Waals surface area contributed by atoms with Gasteiger partial charge in [0.15, 0.2) is 0 Å². The van der Waals surface area contributed by atoms with Crippen LogP contribution in [0, 0.1) is 5.82 Å². The van der Waals surface area contributed by atoms with Crippen molar-refractivity contribution in [1.82, 2.24) is 20.4 Å². The first kappa shape index (κ1) is 16.3. The molecule has 128 valence electrons. The predicted molar refractivity (Wildman–Crippen MR) is 95.2 cm³/mol. The third-order valence-electron chi connectivity index (χ3n) is 4.04. The highest BCUT2D eigenvalue weighted by molar-refractivity contribution is 7.13. The fourth-order valence-electron chi connectivity index (χ4n) is 2.76. The molecule has 0 saturated carbocycles. The summed E-state index contributed by atoms with van der Waals surface area (Å²) in [5, 5.41) is 13.1. The summed E-state index contributed by atoms with van der Waals surface area (Å²) in [5.74, 6) is -0.512. The number of benzene rings is 1. The van der Waals surface area contributed by atoms with Gasteiger partial charge in [0.05, 0.1) is 11.4 Å². The number of rotatable bonds is 4. The number of halogens is 2. The Morgan fingerprint density at radius 1 is 1.40 bits per heavy atom. The van der Waals surface area contributed by atoms with Crippen LogP contribution in [0.15, 0.2) is 41.8 Å². The second kappa shape index (κ2) is 6.59. The third kappa shape index (κ3) is 3.18. The quantitative estimate of drug-likeness (QED) is 0.733. The Morgan fingerprint density at radius 3 is 3.04 bits per heavy atom. The van der Waals surface area contributed by atoms with Gasteiger partial charge in [0, 0.05) is 11.6 Å². The average molecular weight is 377 g/mol. The summed E-state index contributed by atoms with van der Waals surface area (Å²) < 4.78 is 14.9. The van der Waals surface area contributed by atoms with Gasteiger partial charge in [0.25, 0.3) is 5.91 Å². The molecule has 0 saturated heterocycles. The molecule has 0 fully saturated rings. The minimum atomic E-state index is -0.367. The molecule has 4 rings (SSSR count). The van der Waals surface area contributed by atoms with Crippen molar-refractivity contribution in [1.29, 1.82) is 0 Å². The molecule has 0 radical (unpaired) electrons. The summed E-state index contributed by atoms with van der Waals surface area (Å²) in [6.07, 6.45) is -0.206. The Labute approximate surface area is 152 Å². The molecule has 3 aromatic rings. The number of nitrogens with zero attached hydrogens (tertiary/aromatic N) is 2. The van der Waals surface area contributed by atoms with E-state index in [2.05, 4.69) is 15.7 Å². The third-order valence-corrected chi connectivity index (χ3v) is 5.28. The fourth-order valence-corrected chi connectivity index (χ4v) is 3.68. The zero-order valence-electron chi connectivity index (χ0n) is 13.0. The number of thiophene rings is 1. The molecule has 2 N–H and O–H groups in total. The molecule has 2 aromatic heterocycles. The van der Waals surface area contributed by atoms with Gasteiger partial charge in [0.1, 0.15) is 23.4 Å². The summed E-state index contributed by atoms with van der Waals surface area (Å²) in [6, 6.07) is 10.0. The second-order valence-corrected chi connectivity index (χ2v) is 7.03. The Kier molecular flexibility index (Phi) is 4.29. The summed E-state index contributed by atoms with van der Waals surface area (Å²) in [7, 11) is 0. The van der Waals surface area contributed by atoms with Gasteiger partial charge in [-0.05, 0) is 35.2 Å². The van der Waals surface area contributed by atoms with Crippen LogP contribution in [0.3, 0.4) is 0 Å². The molecule has 8 heteroatoms. The maximum atomic E-state index is 13.2. The lowest BCUT2D eigenvalue weighted by Crippen LogP contribution is -2.45. The van der Waals surface area contributed by atoms with Crippen LogP contribution >= 0.6 is 22.9 Å². The molecule has 1 atom stereocenters. The summed E-state index contributed by atoms with van der Waals surface area (Å²) in [6.45, 7) is 0.851. The topological polar surface area (TPSA) is 59.0 Å². The fraction of sp³-hybridized carbons (Fsp3) is 0.176. The van der Waals surface area contributed by atoms with Crippen molar-refractivity contribution in [2.75, 3.05) is 6.54 Å². The molecule has 1 aliphatic rings. The highest BCUT2D eigenvalue weighted by Crippen LogP contribution is 2.26. The lowest BCUT2D eigenvalue weighted by molar-refractivity contribution is 0.0900. The lowest BCUT2D eigenvalue weighted by Gasteiger charge is -2.26. The Balaban J connectivity index is 1.58. The first-order valence-electron chi connectivity index (χ1n) is 7.71. The van der Waals surface area contributed by atoms with Gasteiger partial charge >= 0.3 is 0 Å². The molecule has 1 amide bonds. The van der Waals surface area contributed by atoms with Crippen LogP contribution < -0.4 is 10.6 Å². The molecule has 5 nitrogen and oxygen atoms in total. The molecular formula is C17H14ClFN4OS. The number of carbonyl (C=O) groups excluding carboxylic acids is 1. The van der Waals surface area contributed by atoms with Crippen LogP contribution in [0.1, 0.15) is 22.2 Å². The standard InChI is InChI=1S/C17H14ClFN4OS/c18-12-6-11(19)4-3-10(12)8-20-16-9-21-17(24)14-7-13(22-23(14)16)15-2-1-5-25-15/h1-7,16,20H,8-9H2,(H,21,24). The Hall–Kier alpha value is -2.22. The molecule has 1 aromatic carbocycles. The van der Waals surface area contributed by atoms with Gasteiger partial charge in [-0.3, -0.25) is 10.1 Å². The number of fused-ring (bicyclic) bond motifs is 1. The summed E-state index contributed by atoms with van der Waals surface area (Å²) in [4.78, 5) is 13.1. The van der Waals surface area contributed by atoms with E-state index in [-0.39, 0.29) is 17.9 Å². The van der Waals surface area contributed by atoms with E-state index in [4.69, 9.17) is 11.6 Å². The van der Waals surface area contributed by atoms with Crippen LogP contribution in [-0.4, -0.2) is 22.2 Å². The SMILES string of the molecule is O=C1NCC(NCc2ccc(F)cc2Cl)n2nc(-c3cccs3)cc21. The first-order chi connectivity index (χ1) is 12.1. The van der Waals surface area contributed by atoms with Crippen molar-refractivity contribution in [3.8, 4) is 10.6 Å². The van der Waals surface area contributed by atoms with E-state index >= 15 is 0 Å². The number of amides is 1. The molecule has 1 aliphatic heterocycles. The highest BCUT2D eigenvalue weighted by atomic mass is 35.5. The van der Waals surface area contributed by atoms with Crippen molar-refractivity contribution in [2.45, 2.75) is 12.7 Å². The molecule has 3 heterocycles. The smallest absolute Gasteiger partial charge is 0.269 e. The first-order valence-corrected chi connectivity index (χ1v) is 8.96. The van der Waals surface area contributed by atoms with Crippen molar-refractivity contribution < 1.29 is 9.18 Å². The number of carbonyl (C=O) groups is 1. The lowest BCUT2D eigenvalue weighted by atomic mass is 10.2. The molecule has 0 aliphatic carbocycles. The predicted octanol–water partition coefficient (Wildman–Crippen LogP) is 3.44. The van der Waals surface area contributed by atoms with E-state index in [1.165, 1.54) is 12.1 Å². The van der Waals surface area contributed by atoms with Gasteiger partial charge in [0.2, 0.25) is 0 Å². The maximum Gasteiger partial charge on any atom is 0.269 e. The summed E-state index contributed by atoms with van der Waals surface area (Å²) >= 11 is 7.65. The highest BCUT2D eigenvalue weighted by Gasteiger charge is 2.27. The number of aromatic nitrogens is 2. The van der Waals surface area contributed by atoms with Crippen molar-refractivity contribution in [2.24, 2.45) is 0 Å². The van der Waals surface area contributed by atoms with E-state index in [0.717, 1.165) is 16.1 Å². The van der Waals surface area contributed by atoms with Crippen LogP contribution in [0.2, 0.25) is 5.02 Å². The van der Waals surface area contributed by atoms with Crippen LogP contribution in [0.4, 0.5) is 4.39 Å². The van der Waals surface area contributed by atoms with E-state index in [0.29, 0.717) is 23.8 Å². The molecular weight excluding hydrogens is 363 g/mol. The Bertz CT molecular complexity index is 925. The van der Waals surface area contributed by atoms with Crippen LogP contribution in [0.25, 0.3) is 10.6 Å². The van der Waals surface area contributed by atoms with Gasteiger partial charge in [-0.1, -0.05) is 23.7 Å². The number of nitrogens with one attached hydrogen (secondary N) is 2. The molecule has 0 spiro atoms. The van der Waals surface area contributed by atoms with Crippen molar-refractivity contribution in [3.05, 3.63) is 63.9 Å². The average Bonchev–Trinajstić information content (AvgIpc) is 3.25. The second-order valence-electron chi connectivity index (χ2n) is 5.68. The van der Waals surface area contributed by atoms with Gasteiger partial charge < -0.3 is 5.32 Å². The molecule has 1 unspecified atom stereocenters. The zero-order valence-corrected chi connectivity index (χ0v) is 14.6. The monoisotopic (exact) mass is 376 g/mol. The van der Waals surface area contributed by atoms with E-state index in [1.54, 1.807) is 28.2 Å². The van der Waals surface area contributed by atoms with Crippen molar-refractivity contribution >= 4 is 28.8 Å². The molecule has 25 heavy (non-hydrogen) atoms. The maximum absolute atomic E-state index is 13.2. The zero-order chi connectivity index (χ0) is 17.4. The van der Waals surface area contributed by atoms with Crippen LogP contribution in [-0.2, 0) is 6.54 Å². The number of hydrogen-bond donors (Lipinski definition) is 2. The van der Waals surface area contributed by atoms with E-state index < -0.39 is 0 Å². The van der Waals surface area contributed by atoms with Crippen molar-refractivity contribution in [3.63, 3.8) is 0 Å². The van der Waals surface area contributed by atoms with Gasteiger partial charge in [-0.2, -0.15) is 5.10 Å². The number of hydrogen-bond acceptors (Lipinski definition) is 4. The van der Waals surface area contributed by atoms with E-state index in [1.807, 2.05) is 17.5 Å². The summed E-state index contributed by atoms with van der Waals surface area (Å²) in [5.41, 5.74) is 2.07. The van der Waals surface area contributed by atoms with Gasteiger partial charge in [-0.15, -0.1) is 11.3 Å². The Morgan fingerprint density at radius 2 is 2.28 bits per heavy atom. The largest absolute Gasteiger partial charge is 0.347 e. The minimum Gasteiger partial charge on any atom is -0.347 e. The van der Waals surface area contributed by atoms with Gasteiger partial charge in [-0.25, -0.2) is 9.07 Å². The van der Waals surface area contributed by atoms with E-state index in [9.17, 15) is 9.18 Å². The van der Waals surface area contributed by atoms with Crippen LogP contribution in [0.5, 0.6) is 0 Å². The normalized spacial score (nSPS) is 16.6. The molecule has 0 bridgehead atoms. The minimum absolute atomic E-state index is 0.145.